The zero-order chi connectivity index (χ0) is 31.7. The van der Waals surface area contributed by atoms with Crippen LogP contribution in [0.4, 0.5) is 11.6 Å². The molecule has 0 amide bonds. The van der Waals surface area contributed by atoms with E-state index >= 15 is 0 Å². The van der Waals surface area contributed by atoms with Crippen LogP contribution in [-0.4, -0.2) is 56.5 Å². The third-order valence-corrected chi connectivity index (χ3v) is 9.53. The molecule has 13 nitrogen and oxygen atoms in total. The number of H-pyrrole nitrogens is 1. The maximum atomic E-state index is 13.0. The number of carbonyl (C=O) groups is 2. The number of aryl methyl sites for hydroxylation is 6. The molecule has 4 aromatic rings. The molecule has 2 unspecified atom stereocenters. The molecule has 4 heterocycles. The number of aromatic nitrogens is 8. The molecule has 0 saturated carbocycles. The zero-order valence-corrected chi connectivity index (χ0v) is 27.5. The molecule has 4 aromatic heterocycles. The van der Waals surface area contributed by atoms with E-state index in [1.54, 1.807) is 9.36 Å². The molecule has 0 bridgehead atoms. The number of hydrogen-bond donors (Lipinski definition) is 4. The lowest BCUT2D eigenvalue weighted by Crippen LogP contribution is -2.25. The molecule has 46 heavy (non-hydrogen) atoms. The summed E-state index contributed by atoms with van der Waals surface area (Å²) in [5.74, 6) is 0.0266. The van der Waals surface area contributed by atoms with Gasteiger partial charge in [0.15, 0.2) is 0 Å². The first-order valence-electron chi connectivity index (χ1n) is 16.2. The molecule has 0 radical (unpaired) electrons. The van der Waals surface area contributed by atoms with Gasteiger partial charge in [0.25, 0.3) is 5.91 Å². The van der Waals surface area contributed by atoms with Gasteiger partial charge in [0.05, 0.1) is 28.9 Å². The molecule has 14 heteroatoms. The van der Waals surface area contributed by atoms with Crippen molar-refractivity contribution < 1.29 is 14.7 Å². The lowest BCUT2D eigenvalue weighted by molar-refractivity contribution is -0.139. The fraction of sp³-hybridized carbons (Fsp3) is 0.562. The van der Waals surface area contributed by atoms with E-state index in [0.717, 1.165) is 111 Å². The van der Waals surface area contributed by atoms with E-state index in [1.165, 1.54) is 28.8 Å². The molecule has 8 rings (SSSR count). The number of nitrogen functional groups attached to an aromatic ring is 2. The number of carbonyl (C=O) groups excluding carboxylic acids is 1. The molecule has 0 spiro atoms. The standard InChI is InChI=1S/C16H21N5O.C9H12N2O2.C7H11N3.ClH/c1-20-9-12-10(6-4-8-14(12)18-20)16(22)21-15(17)11-5-2-3-7-13(11)19-21;1-11-5-7-6(9(12)13)3-2-4-8(7)10-11;8-7-5-3-1-2-4-6(5)9-10-7;/h9-10H,2-8,17H2,1H3;5-6H,2-4H2,1H3,(H,12,13);1-4H2,(H3,8,9,10);1H. The summed E-state index contributed by atoms with van der Waals surface area (Å²) in [4.78, 5) is 23.9. The van der Waals surface area contributed by atoms with Crippen molar-refractivity contribution in [3.8, 4) is 0 Å². The Hall–Kier alpha value is -4.13. The molecular formula is C32H45ClN10O3. The predicted molar refractivity (Wildman–Crippen MR) is 176 cm³/mol. The van der Waals surface area contributed by atoms with E-state index in [2.05, 4.69) is 25.5 Å². The highest BCUT2D eigenvalue weighted by Gasteiger charge is 2.33. The van der Waals surface area contributed by atoms with Gasteiger partial charge in [-0.3, -0.25) is 24.1 Å². The number of hydrogen-bond acceptors (Lipinski definition) is 8. The largest absolute Gasteiger partial charge is 0.481 e. The van der Waals surface area contributed by atoms with Gasteiger partial charge < -0.3 is 16.6 Å². The lowest BCUT2D eigenvalue weighted by Gasteiger charge is -2.20. The summed E-state index contributed by atoms with van der Waals surface area (Å²) < 4.78 is 4.96. The normalized spacial score (nSPS) is 19.4. The molecule has 0 aromatic carbocycles. The molecular weight excluding hydrogens is 608 g/mol. The van der Waals surface area contributed by atoms with Crippen LogP contribution in [0.1, 0.15) is 113 Å². The van der Waals surface area contributed by atoms with Crippen LogP contribution in [0.5, 0.6) is 0 Å². The number of nitrogens with zero attached hydrogens (tertiary/aromatic N) is 7. The molecule has 2 atom stereocenters. The van der Waals surface area contributed by atoms with Gasteiger partial charge in [-0.05, 0) is 89.9 Å². The van der Waals surface area contributed by atoms with Crippen LogP contribution < -0.4 is 11.5 Å². The number of nitrogens with two attached hydrogens (primary N) is 2. The minimum atomic E-state index is -0.728. The third-order valence-electron chi connectivity index (χ3n) is 9.53. The third kappa shape index (κ3) is 6.69. The fourth-order valence-electron chi connectivity index (χ4n) is 7.25. The van der Waals surface area contributed by atoms with Crippen molar-refractivity contribution in [2.24, 2.45) is 14.1 Å². The summed E-state index contributed by atoms with van der Waals surface area (Å²) in [6.07, 6.45) is 18.1. The van der Waals surface area contributed by atoms with Crippen LogP contribution in [0.2, 0.25) is 0 Å². The molecule has 0 fully saturated rings. The van der Waals surface area contributed by atoms with Crippen molar-refractivity contribution in [1.82, 2.24) is 39.5 Å². The van der Waals surface area contributed by atoms with E-state index in [0.29, 0.717) is 11.6 Å². The minimum absolute atomic E-state index is 0. The number of rotatable bonds is 2. The van der Waals surface area contributed by atoms with E-state index in [-0.39, 0.29) is 30.2 Å². The van der Waals surface area contributed by atoms with Crippen molar-refractivity contribution >= 4 is 35.9 Å². The Labute approximate surface area is 274 Å². The smallest absolute Gasteiger partial charge is 0.311 e. The van der Waals surface area contributed by atoms with Gasteiger partial charge in [-0.25, -0.2) is 0 Å². The molecule has 0 saturated heterocycles. The van der Waals surface area contributed by atoms with Crippen LogP contribution >= 0.6 is 12.4 Å². The Balaban J connectivity index is 0.000000148. The van der Waals surface area contributed by atoms with Gasteiger partial charge in [0, 0.05) is 54.4 Å². The van der Waals surface area contributed by atoms with Crippen molar-refractivity contribution in [1.29, 1.82) is 0 Å². The fourth-order valence-corrected chi connectivity index (χ4v) is 7.25. The highest BCUT2D eigenvalue weighted by atomic mass is 35.5. The van der Waals surface area contributed by atoms with Gasteiger partial charge >= 0.3 is 5.97 Å². The molecule has 0 aliphatic heterocycles. The van der Waals surface area contributed by atoms with Crippen LogP contribution in [0.3, 0.4) is 0 Å². The van der Waals surface area contributed by atoms with E-state index in [1.807, 2.05) is 26.5 Å². The van der Waals surface area contributed by atoms with E-state index in [4.69, 9.17) is 16.6 Å². The summed E-state index contributed by atoms with van der Waals surface area (Å²) in [6, 6.07) is 0. The number of fused-ring (bicyclic) bond motifs is 4. The van der Waals surface area contributed by atoms with E-state index in [9.17, 15) is 9.59 Å². The number of aromatic amines is 1. The highest BCUT2D eigenvalue weighted by Crippen LogP contribution is 2.34. The second-order valence-electron chi connectivity index (χ2n) is 12.7. The van der Waals surface area contributed by atoms with E-state index < -0.39 is 5.97 Å². The van der Waals surface area contributed by atoms with Gasteiger partial charge in [-0.15, -0.1) is 12.4 Å². The van der Waals surface area contributed by atoms with Crippen LogP contribution in [0.15, 0.2) is 12.4 Å². The zero-order valence-electron chi connectivity index (χ0n) is 26.7. The van der Waals surface area contributed by atoms with Crippen LogP contribution in [0, 0.1) is 0 Å². The molecule has 6 N–H and O–H groups in total. The van der Waals surface area contributed by atoms with Crippen LogP contribution in [0.25, 0.3) is 0 Å². The summed E-state index contributed by atoms with van der Waals surface area (Å²) in [5, 5.41) is 29.1. The topological polar surface area (TPSA) is 189 Å². The second kappa shape index (κ2) is 14.1. The number of halogens is 1. The number of aliphatic carboxylic acids is 1. The van der Waals surface area contributed by atoms with Crippen LogP contribution in [-0.2, 0) is 57.4 Å². The van der Waals surface area contributed by atoms with Gasteiger partial charge in [-0.1, -0.05) is 0 Å². The van der Waals surface area contributed by atoms with Gasteiger partial charge in [-0.2, -0.15) is 25.1 Å². The molecule has 4 aliphatic rings. The first-order chi connectivity index (χ1) is 21.7. The Morgan fingerprint density at radius 2 is 1.30 bits per heavy atom. The Kier molecular flexibility index (Phi) is 10.2. The summed E-state index contributed by atoms with van der Waals surface area (Å²) in [5.41, 5.74) is 20.4. The number of anilines is 2. The van der Waals surface area contributed by atoms with Crippen molar-refractivity contribution in [3.63, 3.8) is 0 Å². The Morgan fingerprint density at radius 3 is 1.91 bits per heavy atom. The molecule has 4 aliphatic carbocycles. The maximum absolute atomic E-state index is 13.0. The summed E-state index contributed by atoms with van der Waals surface area (Å²) >= 11 is 0. The number of carboxylic acids is 1. The average molecular weight is 653 g/mol. The Morgan fingerprint density at radius 1 is 0.761 bits per heavy atom. The lowest BCUT2D eigenvalue weighted by atomic mass is 9.86. The number of carboxylic acid groups (broad SMARTS) is 1. The molecule has 248 valence electrons. The maximum Gasteiger partial charge on any atom is 0.311 e. The number of nitrogens with one attached hydrogen (secondary N) is 1. The summed E-state index contributed by atoms with van der Waals surface area (Å²) in [6.45, 7) is 0. The quantitative estimate of drug-likeness (QED) is 0.247. The van der Waals surface area contributed by atoms with Crippen molar-refractivity contribution in [3.05, 3.63) is 57.4 Å². The van der Waals surface area contributed by atoms with Crippen molar-refractivity contribution in [2.45, 2.75) is 102 Å². The van der Waals surface area contributed by atoms with Gasteiger partial charge in [0.1, 0.15) is 11.6 Å². The first-order valence-corrected chi connectivity index (χ1v) is 16.2. The SMILES string of the molecule is Cl.Cn1cc2c(n1)CCCC2C(=O)O.Cn1cc2c(n1)CCCC2C(=O)n1nc2c(c1N)CCCC2.Nc1n[nH]c2c1CCCC2. The first kappa shape index (κ1) is 33.2. The van der Waals surface area contributed by atoms with Gasteiger partial charge in [0.2, 0.25) is 0 Å². The monoisotopic (exact) mass is 652 g/mol. The minimum Gasteiger partial charge on any atom is -0.481 e. The predicted octanol–water partition coefficient (Wildman–Crippen LogP) is 4.06. The highest BCUT2D eigenvalue weighted by molar-refractivity contribution is 5.88. The average Bonchev–Trinajstić information content (AvgIpc) is 3.80. The van der Waals surface area contributed by atoms with Crippen molar-refractivity contribution in [2.75, 3.05) is 11.5 Å². The Bertz CT molecular complexity index is 1700. The summed E-state index contributed by atoms with van der Waals surface area (Å²) in [7, 11) is 3.73. The second-order valence-corrected chi connectivity index (χ2v) is 12.7.